The lowest BCUT2D eigenvalue weighted by molar-refractivity contribution is 0.290. The largest absolute Gasteiger partial charge is 0.372 e. The first-order chi connectivity index (χ1) is 7.38. The van der Waals surface area contributed by atoms with Crippen molar-refractivity contribution in [3.8, 4) is 0 Å². The first-order valence-corrected chi connectivity index (χ1v) is 6.33. The topological polar surface area (TPSA) is 41.1 Å². The second-order valence-electron chi connectivity index (χ2n) is 3.53. The molecule has 0 saturated carbocycles. The van der Waals surface area contributed by atoms with E-state index in [1.807, 2.05) is 25.0 Å². The maximum atomic E-state index is 4.37. The lowest BCUT2D eigenvalue weighted by Crippen LogP contribution is -2.32. The molecule has 0 radical (unpaired) electrons. The van der Waals surface area contributed by atoms with Gasteiger partial charge in [-0.25, -0.2) is 4.98 Å². The van der Waals surface area contributed by atoms with Crippen molar-refractivity contribution in [3.05, 3.63) is 18.1 Å². The fourth-order valence-corrected chi connectivity index (χ4v) is 2.53. The van der Waals surface area contributed by atoms with Crippen LogP contribution in [0.2, 0.25) is 0 Å². The molecule has 82 valence electrons. The standard InChI is InChI=1S/C10H16N4S/c1-11-10-7-12-9(6-13-10)8-14-2-4-15-5-3-14/h6-7H,2-5,8H2,1H3,(H,11,13). The van der Waals surface area contributed by atoms with E-state index in [1.165, 1.54) is 24.6 Å². The van der Waals surface area contributed by atoms with E-state index in [-0.39, 0.29) is 0 Å². The van der Waals surface area contributed by atoms with Crippen molar-refractivity contribution in [2.24, 2.45) is 0 Å². The first-order valence-electron chi connectivity index (χ1n) is 5.17. The Kier molecular flexibility index (Phi) is 3.80. The third-order valence-electron chi connectivity index (χ3n) is 2.45. The summed E-state index contributed by atoms with van der Waals surface area (Å²) in [5, 5.41) is 2.97. The number of thioether (sulfide) groups is 1. The summed E-state index contributed by atoms with van der Waals surface area (Å²) in [6.45, 7) is 3.26. The molecular formula is C10H16N4S. The summed E-state index contributed by atoms with van der Waals surface area (Å²) >= 11 is 2.03. The molecule has 1 fully saturated rings. The van der Waals surface area contributed by atoms with E-state index < -0.39 is 0 Å². The zero-order valence-corrected chi connectivity index (χ0v) is 9.76. The van der Waals surface area contributed by atoms with Crippen LogP contribution in [0.5, 0.6) is 0 Å². The van der Waals surface area contributed by atoms with Crippen molar-refractivity contribution in [3.63, 3.8) is 0 Å². The quantitative estimate of drug-likeness (QED) is 0.831. The van der Waals surface area contributed by atoms with Crippen molar-refractivity contribution in [1.82, 2.24) is 14.9 Å². The molecule has 1 aliphatic heterocycles. The summed E-state index contributed by atoms with van der Waals surface area (Å²) in [7, 11) is 1.85. The van der Waals surface area contributed by atoms with E-state index in [4.69, 9.17) is 0 Å². The molecule has 15 heavy (non-hydrogen) atoms. The van der Waals surface area contributed by atoms with Crippen LogP contribution in [0.1, 0.15) is 5.69 Å². The monoisotopic (exact) mass is 224 g/mol. The Bertz CT molecular complexity index is 295. The Hall–Kier alpha value is -0.810. The first kappa shape index (κ1) is 10.7. The van der Waals surface area contributed by atoms with Crippen LogP contribution >= 0.6 is 11.8 Å². The number of anilines is 1. The molecule has 0 atom stereocenters. The predicted molar refractivity (Wildman–Crippen MR) is 64.2 cm³/mol. The van der Waals surface area contributed by atoms with E-state index in [9.17, 15) is 0 Å². The van der Waals surface area contributed by atoms with E-state index in [1.54, 1.807) is 6.20 Å². The van der Waals surface area contributed by atoms with Crippen LogP contribution in [0.4, 0.5) is 5.82 Å². The van der Waals surface area contributed by atoms with Gasteiger partial charge in [-0.3, -0.25) is 9.88 Å². The summed E-state index contributed by atoms with van der Waals surface area (Å²) in [4.78, 5) is 11.1. The van der Waals surface area contributed by atoms with Crippen molar-refractivity contribution < 1.29 is 0 Å². The smallest absolute Gasteiger partial charge is 0.144 e. The zero-order chi connectivity index (χ0) is 10.5. The molecule has 0 unspecified atom stereocenters. The SMILES string of the molecule is CNc1cnc(CN2CCSCC2)cn1. The minimum absolute atomic E-state index is 0.827. The lowest BCUT2D eigenvalue weighted by Gasteiger charge is -2.25. The summed E-state index contributed by atoms with van der Waals surface area (Å²) < 4.78 is 0. The fourth-order valence-electron chi connectivity index (χ4n) is 1.55. The average molecular weight is 224 g/mol. The van der Waals surface area contributed by atoms with Gasteiger partial charge < -0.3 is 5.32 Å². The molecule has 1 saturated heterocycles. The van der Waals surface area contributed by atoms with Gasteiger partial charge >= 0.3 is 0 Å². The molecule has 0 spiro atoms. The van der Waals surface area contributed by atoms with Crippen molar-refractivity contribution in [2.75, 3.05) is 37.0 Å². The average Bonchev–Trinajstić information content (AvgIpc) is 2.31. The molecule has 1 aromatic heterocycles. The molecule has 4 nitrogen and oxygen atoms in total. The highest BCUT2D eigenvalue weighted by atomic mass is 32.2. The number of rotatable bonds is 3. The van der Waals surface area contributed by atoms with Gasteiger partial charge in [0.2, 0.25) is 0 Å². The Balaban J connectivity index is 1.91. The van der Waals surface area contributed by atoms with Crippen molar-refractivity contribution in [1.29, 1.82) is 0 Å². The Labute approximate surface area is 94.5 Å². The van der Waals surface area contributed by atoms with E-state index in [0.29, 0.717) is 0 Å². The third-order valence-corrected chi connectivity index (χ3v) is 3.39. The molecule has 2 heterocycles. The molecule has 2 rings (SSSR count). The maximum absolute atomic E-state index is 4.37. The molecule has 0 aliphatic carbocycles. The minimum atomic E-state index is 0.827. The lowest BCUT2D eigenvalue weighted by atomic mass is 10.4. The zero-order valence-electron chi connectivity index (χ0n) is 8.94. The molecule has 0 bridgehead atoms. The van der Waals surface area contributed by atoms with Crippen LogP contribution in [0.3, 0.4) is 0 Å². The highest BCUT2D eigenvalue weighted by Crippen LogP contribution is 2.11. The van der Waals surface area contributed by atoms with Gasteiger partial charge in [0, 0.05) is 38.2 Å². The summed E-state index contributed by atoms with van der Waals surface area (Å²) in [5.74, 6) is 3.30. The Morgan fingerprint density at radius 3 is 2.73 bits per heavy atom. The highest BCUT2D eigenvalue weighted by Gasteiger charge is 2.11. The van der Waals surface area contributed by atoms with Crippen LogP contribution in [-0.2, 0) is 6.54 Å². The summed E-state index contributed by atoms with van der Waals surface area (Å²) in [5.41, 5.74) is 1.06. The number of aromatic nitrogens is 2. The van der Waals surface area contributed by atoms with Crippen molar-refractivity contribution >= 4 is 17.6 Å². The van der Waals surface area contributed by atoms with Crippen LogP contribution in [0.15, 0.2) is 12.4 Å². The molecule has 5 heteroatoms. The van der Waals surface area contributed by atoms with E-state index in [2.05, 4.69) is 20.2 Å². The molecule has 1 aliphatic rings. The molecule has 1 N–H and O–H groups in total. The number of hydrogen-bond donors (Lipinski definition) is 1. The Morgan fingerprint density at radius 2 is 2.13 bits per heavy atom. The van der Waals surface area contributed by atoms with Crippen LogP contribution in [-0.4, -0.2) is 46.5 Å². The highest BCUT2D eigenvalue weighted by molar-refractivity contribution is 7.99. The van der Waals surface area contributed by atoms with Gasteiger partial charge in [-0.2, -0.15) is 11.8 Å². The molecule has 1 aromatic rings. The van der Waals surface area contributed by atoms with Gasteiger partial charge in [0.15, 0.2) is 0 Å². The Morgan fingerprint density at radius 1 is 1.33 bits per heavy atom. The van der Waals surface area contributed by atoms with Gasteiger partial charge in [0.1, 0.15) is 5.82 Å². The van der Waals surface area contributed by atoms with Crippen LogP contribution in [0.25, 0.3) is 0 Å². The molecule has 0 aromatic carbocycles. The second kappa shape index (κ2) is 5.32. The van der Waals surface area contributed by atoms with Gasteiger partial charge in [-0.15, -0.1) is 0 Å². The summed E-state index contributed by atoms with van der Waals surface area (Å²) in [6.07, 6.45) is 3.64. The predicted octanol–water partition coefficient (Wildman–Crippen LogP) is 1.07. The number of hydrogen-bond acceptors (Lipinski definition) is 5. The molecule has 0 amide bonds. The molecular weight excluding hydrogens is 208 g/mol. The van der Waals surface area contributed by atoms with Gasteiger partial charge in [0.25, 0.3) is 0 Å². The van der Waals surface area contributed by atoms with Crippen LogP contribution in [0, 0.1) is 0 Å². The van der Waals surface area contributed by atoms with Gasteiger partial charge in [-0.05, 0) is 0 Å². The van der Waals surface area contributed by atoms with Gasteiger partial charge in [-0.1, -0.05) is 0 Å². The van der Waals surface area contributed by atoms with E-state index in [0.717, 1.165) is 18.1 Å². The number of nitrogens with zero attached hydrogens (tertiary/aromatic N) is 3. The second-order valence-corrected chi connectivity index (χ2v) is 4.76. The maximum Gasteiger partial charge on any atom is 0.144 e. The third kappa shape index (κ3) is 3.07. The fraction of sp³-hybridized carbons (Fsp3) is 0.600. The van der Waals surface area contributed by atoms with Crippen LogP contribution < -0.4 is 5.32 Å². The number of nitrogens with one attached hydrogen (secondary N) is 1. The van der Waals surface area contributed by atoms with Gasteiger partial charge in [0.05, 0.1) is 18.1 Å². The summed E-state index contributed by atoms with van der Waals surface area (Å²) in [6, 6.07) is 0. The minimum Gasteiger partial charge on any atom is -0.372 e. The van der Waals surface area contributed by atoms with E-state index >= 15 is 0 Å². The normalized spacial score (nSPS) is 17.7. The van der Waals surface area contributed by atoms with Crippen molar-refractivity contribution in [2.45, 2.75) is 6.54 Å².